The van der Waals surface area contributed by atoms with Crippen LogP contribution in [0.1, 0.15) is 19.4 Å². The van der Waals surface area contributed by atoms with E-state index in [0.29, 0.717) is 25.4 Å². The number of amides is 1. The minimum Gasteiger partial charge on any atom is -0.410 e. The van der Waals surface area contributed by atoms with Crippen LogP contribution in [-0.4, -0.2) is 55.0 Å². The maximum atomic E-state index is 11.9. The quantitative estimate of drug-likeness (QED) is 0.621. The summed E-state index contributed by atoms with van der Waals surface area (Å²) in [6.45, 7) is 5.39. The molecule has 0 heterocycles. The number of nitrogens with two attached hydrogens (primary N) is 2. The molecular formula is C16H26N6O2. The van der Waals surface area contributed by atoms with E-state index in [0.717, 1.165) is 5.56 Å². The second-order valence-corrected chi connectivity index (χ2v) is 5.22. The van der Waals surface area contributed by atoms with Crippen LogP contribution in [0.15, 0.2) is 34.3 Å². The molecule has 1 aromatic rings. The van der Waals surface area contributed by atoms with Crippen LogP contribution < -0.4 is 16.2 Å². The first-order chi connectivity index (χ1) is 11.4. The van der Waals surface area contributed by atoms with E-state index in [1.54, 1.807) is 36.0 Å². The molecule has 0 bridgehead atoms. The molecule has 1 amide bonds. The average Bonchev–Trinajstić information content (AvgIpc) is 2.55. The molecule has 1 aromatic carbocycles. The van der Waals surface area contributed by atoms with Crippen LogP contribution in [0.4, 0.5) is 4.79 Å². The Morgan fingerprint density at radius 1 is 1.12 bits per heavy atom. The van der Waals surface area contributed by atoms with Crippen molar-refractivity contribution in [3.8, 4) is 5.75 Å². The zero-order chi connectivity index (χ0) is 18.1. The van der Waals surface area contributed by atoms with Crippen molar-refractivity contribution in [2.24, 2.45) is 21.5 Å². The van der Waals surface area contributed by atoms with Crippen molar-refractivity contribution in [2.45, 2.75) is 20.4 Å². The van der Waals surface area contributed by atoms with Gasteiger partial charge in [-0.05, 0) is 31.5 Å². The van der Waals surface area contributed by atoms with Gasteiger partial charge in [0.25, 0.3) is 0 Å². The number of carbonyl (C=O) groups excluding carboxylic acids is 1. The van der Waals surface area contributed by atoms with E-state index in [1.807, 2.05) is 26.0 Å². The highest BCUT2D eigenvalue weighted by Crippen LogP contribution is 2.14. The van der Waals surface area contributed by atoms with E-state index in [4.69, 9.17) is 16.2 Å². The van der Waals surface area contributed by atoms with Gasteiger partial charge in [-0.2, -0.15) is 4.99 Å². The Kier molecular flexibility index (Phi) is 7.54. The lowest BCUT2D eigenvalue weighted by atomic mass is 10.2. The zero-order valence-corrected chi connectivity index (χ0v) is 14.7. The number of hydrogen-bond donors (Lipinski definition) is 2. The van der Waals surface area contributed by atoms with E-state index < -0.39 is 0 Å². The molecule has 0 unspecified atom stereocenters. The summed E-state index contributed by atoms with van der Waals surface area (Å²) in [5.41, 5.74) is 12.3. The van der Waals surface area contributed by atoms with Gasteiger partial charge in [-0.3, -0.25) is 0 Å². The first-order valence-electron chi connectivity index (χ1n) is 7.74. The van der Waals surface area contributed by atoms with E-state index in [1.165, 1.54) is 0 Å². The molecule has 0 spiro atoms. The topological polar surface area (TPSA) is 110 Å². The van der Waals surface area contributed by atoms with Gasteiger partial charge in [0.05, 0.1) is 6.54 Å². The highest BCUT2D eigenvalue weighted by atomic mass is 16.6. The van der Waals surface area contributed by atoms with E-state index >= 15 is 0 Å². The largest absolute Gasteiger partial charge is 0.415 e. The van der Waals surface area contributed by atoms with Gasteiger partial charge in [0.2, 0.25) is 5.96 Å². The van der Waals surface area contributed by atoms with Gasteiger partial charge in [-0.1, -0.05) is 12.1 Å². The molecule has 0 aromatic heterocycles. The van der Waals surface area contributed by atoms with Crippen molar-refractivity contribution >= 4 is 18.0 Å². The number of hydrogen-bond acceptors (Lipinski definition) is 3. The van der Waals surface area contributed by atoms with Crippen molar-refractivity contribution in [1.82, 2.24) is 9.80 Å². The number of guanidine groups is 2. The highest BCUT2D eigenvalue weighted by Gasteiger charge is 2.11. The van der Waals surface area contributed by atoms with Crippen LogP contribution >= 0.6 is 0 Å². The zero-order valence-electron chi connectivity index (χ0n) is 14.7. The summed E-state index contributed by atoms with van der Waals surface area (Å²) in [4.78, 5) is 23.2. The Hall–Kier alpha value is -2.77. The van der Waals surface area contributed by atoms with Crippen molar-refractivity contribution < 1.29 is 9.53 Å². The van der Waals surface area contributed by atoms with Gasteiger partial charge in [-0.25, -0.2) is 9.79 Å². The van der Waals surface area contributed by atoms with Crippen LogP contribution in [0.3, 0.4) is 0 Å². The minimum absolute atomic E-state index is 0.109. The first-order valence-corrected chi connectivity index (χ1v) is 7.74. The number of aliphatic imine (C=N–C) groups is 2. The van der Waals surface area contributed by atoms with Crippen LogP contribution in [0.2, 0.25) is 0 Å². The van der Waals surface area contributed by atoms with Gasteiger partial charge in [0, 0.05) is 27.2 Å². The predicted octanol–water partition coefficient (Wildman–Crippen LogP) is 1.22. The molecule has 1 rings (SSSR count). The summed E-state index contributed by atoms with van der Waals surface area (Å²) >= 11 is 0. The lowest BCUT2D eigenvalue weighted by Gasteiger charge is -2.17. The molecule has 0 radical (unpaired) electrons. The smallest absolute Gasteiger partial charge is 0.410 e. The molecule has 8 heteroatoms. The summed E-state index contributed by atoms with van der Waals surface area (Å²) in [7, 11) is 3.54. The SMILES string of the molecule is CCN(CC)C(=O)Oc1ccc(CN=C(N)N=C(N)N(C)C)cc1. The maximum absolute atomic E-state index is 11.9. The highest BCUT2D eigenvalue weighted by molar-refractivity contribution is 5.93. The fraction of sp³-hybridized carbons (Fsp3) is 0.438. The molecule has 0 aliphatic rings. The molecule has 0 aliphatic carbocycles. The molecule has 0 aliphatic heterocycles. The van der Waals surface area contributed by atoms with Gasteiger partial charge in [0.1, 0.15) is 5.75 Å². The predicted molar refractivity (Wildman–Crippen MR) is 96.0 cm³/mol. The number of carbonyl (C=O) groups is 1. The second-order valence-electron chi connectivity index (χ2n) is 5.22. The Labute approximate surface area is 142 Å². The Balaban J connectivity index is 2.65. The lowest BCUT2D eigenvalue weighted by Crippen LogP contribution is -2.33. The molecule has 0 saturated heterocycles. The summed E-state index contributed by atoms with van der Waals surface area (Å²) in [6, 6.07) is 7.08. The van der Waals surface area contributed by atoms with E-state index in [-0.39, 0.29) is 18.0 Å². The number of ether oxygens (including phenoxy) is 1. The minimum atomic E-state index is -0.358. The molecule has 0 saturated carbocycles. The molecular weight excluding hydrogens is 308 g/mol. The summed E-state index contributed by atoms with van der Waals surface area (Å²) in [5.74, 6) is 0.885. The van der Waals surface area contributed by atoms with Gasteiger partial charge < -0.3 is 26.0 Å². The molecule has 0 atom stereocenters. The standard InChI is InChI=1S/C16H26N6O2/c1-5-22(6-2)16(23)24-13-9-7-12(8-10-13)11-19-14(17)20-15(18)21(3)4/h7-10H,5-6,11H2,1-4H3,(H4,17,18,19,20). The van der Waals surface area contributed by atoms with Gasteiger partial charge in [-0.15, -0.1) is 0 Å². The summed E-state index contributed by atoms with van der Waals surface area (Å²) < 4.78 is 5.30. The Morgan fingerprint density at radius 3 is 2.21 bits per heavy atom. The monoisotopic (exact) mass is 334 g/mol. The third kappa shape index (κ3) is 6.15. The summed E-state index contributed by atoms with van der Waals surface area (Å²) in [5, 5.41) is 0. The fourth-order valence-electron chi connectivity index (χ4n) is 1.74. The van der Waals surface area contributed by atoms with Crippen LogP contribution in [0.5, 0.6) is 5.75 Å². The molecule has 0 fully saturated rings. The average molecular weight is 334 g/mol. The normalized spacial score (nSPS) is 12.0. The lowest BCUT2D eigenvalue weighted by molar-refractivity contribution is 0.157. The molecule has 4 N–H and O–H groups in total. The van der Waals surface area contributed by atoms with Gasteiger partial charge in [0.15, 0.2) is 5.96 Å². The molecule has 24 heavy (non-hydrogen) atoms. The third-order valence-corrected chi connectivity index (χ3v) is 3.26. The molecule has 8 nitrogen and oxygen atoms in total. The van der Waals surface area contributed by atoms with E-state index in [2.05, 4.69) is 9.98 Å². The number of nitrogens with zero attached hydrogens (tertiary/aromatic N) is 4. The van der Waals surface area contributed by atoms with Crippen molar-refractivity contribution in [3.05, 3.63) is 29.8 Å². The number of rotatable bonds is 5. The van der Waals surface area contributed by atoms with Crippen LogP contribution in [0, 0.1) is 0 Å². The Bertz CT molecular complexity index is 591. The van der Waals surface area contributed by atoms with Crippen molar-refractivity contribution in [2.75, 3.05) is 27.2 Å². The summed E-state index contributed by atoms with van der Waals surface area (Å²) in [6.07, 6.45) is -0.358. The third-order valence-electron chi connectivity index (χ3n) is 3.26. The van der Waals surface area contributed by atoms with Crippen molar-refractivity contribution in [3.63, 3.8) is 0 Å². The van der Waals surface area contributed by atoms with Crippen LogP contribution in [-0.2, 0) is 6.54 Å². The fourth-order valence-corrected chi connectivity index (χ4v) is 1.74. The maximum Gasteiger partial charge on any atom is 0.415 e. The second kappa shape index (κ2) is 9.39. The van der Waals surface area contributed by atoms with Crippen molar-refractivity contribution in [1.29, 1.82) is 0 Å². The first kappa shape index (κ1) is 19.3. The van der Waals surface area contributed by atoms with Gasteiger partial charge >= 0.3 is 6.09 Å². The van der Waals surface area contributed by atoms with Crippen LogP contribution in [0.25, 0.3) is 0 Å². The molecule has 132 valence electrons. The number of benzene rings is 1. The Morgan fingerprint density at radius 2 is 1.71 bits per heavy atom. The van der Waals surface area contributed by atoms with E-state index in [9.17, 15) is 4.79 Å².